The number of methoxy groups -OCH3 is 1. The molecule has 1 N–H and O–H groups in total. The van der Waals surface area contributed by atoms with Gasteiger partial charge in [-0.05, 0) is 23.6 Å². The Hall–Kier alpha value is -3.54. The van der Waals surface area contributed by atoms with Crippen LogP contribution in [0.15, 0.2) is 71.7 Å². The van der Waals surface area contributed by atoms with Crippen molar-refractivity contribution in [3.8, 4) is 11.5 Å². The van der Waals surface area contributed by atoms with Gasteiger partial charge in [0.05, 0.1) is 13.3 Å². The Bertz CT molecular complexity index is 1030. The van der Waals surface area contributed by atoms with Crippen molar-refractivity contribution >= 4 is 5.91 Å². The fraction of sp³-hybridized carbons (Fsp3) is 0.217. The van der Waals surface area contributed by atoms with Gasteiger partial charge in [-0.15, -0.1) is 0 Å². The molecule has 0 saturated heterocycles. The molecule has 1 heterocycles. The highest BCUT2D eigenvalue weighted by Crippen LogP contribution is 2.17. The third-order valence-corrected chi connectivity index (χ3v) is 4.54. The van der Waals surface area contributed by atoms with E-state index in [-0.39, 0.29) is 22.8 Å². The highest BCUT2D eigenvalue weighted by Gasteiger charge is 2.13. The standard InChI is InChI=1S/C23H24N2O4/c1-25-15-22(29-16-17-8-4-3-5-9-17)20(26)14-19(25)23(27)24-13-12-18-10-6-7-11-21(18)28-2/h3-11,14-15H,12-13,16H2,1-2H3,(H,24,27). The van der Waals surface area contributed by atoms with Gasteiger partial charge in [0, 0.05) is 19.7 Å². The van der Waals surface area contributed by atoms with Crippen LogP contribution in [-0.4, -0.2) is 24.1 Å². The molecule has 29 heavy (non-hydrogen) atoms. The lowest BCUT2D eigenvalue weighted by Crippen LogP contribution is -2.29. The first kappa shape index (κ1) is 20.2. The van der Waals surface area contributed by atoms with Gasteiger partial charge in [-0.3, -0.25) is 9.59 Å². The fourth-order valence-corrected chi connectivity index (χ4v) is 2.99. The molecule has 0 spiro atoms. The second kappa shape index (κ2) is 9.59. The Labute approximate surface area is 169 Å². The van der Waals surface area contributed by atoms with Crippen LogP contribution in [0.3, 0.4) is 0 Å². The Kier molecular flexibility index (Phi) is 6.68. The second-order valence-electron chi connectivity index (χ2n) is 6.59. The van der Waals surface area contributed by atoms with Gasteiger partial charge in [-0.2, -0.15) is 0 Å². The summed E-state index contributed by atoms with van der Waals surface area (Å²) in [4.78, 5) is 24.9. The number of hydrogen-bond acceptors (Lipinski definition) is 4. The van der Waals surface area contributed by atoms with Crippen LogP contribution >= 0.6 is 0 Å². The minimum atomic E-state index is -0.325. The maximum Gasteiger partial charge on any atom is 0.268 e. The molecule has 1 amide bonds. The molecular formula is C23H24N2O4. The molecule has 0 fully saturated rings. The van der Waals surface area contributed by atoms with E-state index in [1.807, 2.05) is 54.6 Å². The van der Waals surface area contributed by atoms with Crippen molar-refractivity contribution in [1.82, 2.24) is 9.88 Å². The molecule has 0 bridgehead atoms. The number of rotatable bonds is 8. The van der Waals surface area contributed by atoms with Gasteiger partial charge in [0.1, 0.15) is 18.1 Å². The van der Waals surface area contributed by atoms with Crippen LogP contribution in [0.25, 0.3) is 0 Å². The number of amides is 1. The minimum Gasteiger partial charge on any atom is -0.496 e. The molecule has 0 atom stereocenters. The van der Waals surface area contributed by atoms with Crippen LogP contribution in [0, 0.1) is 0 Å². The Balaban J connectivity index is 1.62. The van der Waals surface area contributed by atoms with Gasteiger partial charge in [0.15, 0.2) is 5.75 Å². The molecule has 3 rings (SSSR count). The van der Waals surface area contributed by atoms with Gasteiger partial charge in [0.25, 0.3) is 5.91 Å². The number of nitrogens with one attached hydrogen (secondary N) is 1. The molecule has 6 heteroatoms. The predicted octanol–water partition coefficient (Wildman–Crippen LogP) is 2.95. The third-order valence-electron chi connectivity index (χ3n) is 4.54. The first-order chi connectivity index (χ1) is 14.1. The van der Waals surface area contributed by atoms with Gasteiger partial charge in [-0.25, -0.2) is 0 Å². The maximum atomic E-state index is 12.5. The average molecular weight is 392 g/mol. The van der Waals surface area contributed by atoms with Crippen molar-refractivity contribution in [2.75, 3.05) is 13.7 Å². The van der Waals surface area contributed by atoms with Gasteiger partial charge in [0.2, 0.25) is 5.43 Å². The number of hydrogen-bond donors (Lipinski definition) is 1. The van der Waals surface area contributed by atoms with E-state index in [9.17, 15) is 9.59 Å². The molecule has 150 valence electrons. The van der Waals surface area contributed by atoms with E-state index < -0.39 is 0 Å². The highest BCUT2D eigenvalue weighted by atomic mass is 16.5. The molecular weight excluding hydrogens is 368 g/mol. The Morgan fingerprint density at radius 3 is 2.52 bits per heavy atom. The van der Waals surface area contributed by atoms with Crippen molar-refractivity contribution in [2.24, 2.45) is 7.05 Å². The van der Waals surface area contributed by atoms with Crippen molar-refractivity contribution in [2.45, 2.75) is 13.0 Å². The van der Waals surface area contributed by atoms with E-state index in [1.54, 1.807) is 24.9 Å². The summed E-state index contributed by atoms with van der Waals surface area (Å²) in [5.74, 6) is 0.685. The van der Waals surface area contributed by atoms with Crippen molar-refractivity contribution < 1.29 is 14.3 Å². The van der Waals surface area contributed by atoms with E-state index in [2.05, 4.69) is 5.32 Å². The summed E-state index contributed by atoms with van der Waals surface area (Å²) in [6.07, 6.45) is 2.17. The summed E-state index contributed by atoms with van der Waals surface area (Å²) >= 11 is 0. The summed E-state index contributed by atoms with van der Waals surface area (Å²) < 4.78 is 12.5. The fourth-order valence-electron chi connectivity index (χ4n) is 2.99. The average Bonchev–Trinajstić information content (AvgIpc) is 2.75. The quantitative estimate of drug-likeness (QED) is 0.640. The van der Waals surface area contributed by atoms with E-state index in [0.717, 1.165) is 16.9 Å². The van der Waals surface area contributed by atoms with E-state index >= 15 is 0 Å². The first-order valence-electron chi connectivity index (χ1n) is 9.36. The molecule has 0 aliphatic rings. The van der Waals surface area contributed by atoms with E-state index in [0.29, 0.717) is 19.6 Å². The number of carbonyl (C=O) groups is 1. The van der Waals surface area contributed by atoms with Crippen molar-refractivity contribution in [3.05, 3.63) is 93.9 Å². The van der Waals surface area contributed by atoms with Crippen LogP contribution in [-0.2, 0) is 20.1 Å². The third kappa shape index (κ3) is 5.25. The molecule has 3 aromatic rings. The minimum absolute atomic E-state index is 0.210. The van der Waals surface area contributed by atoms with Crippen LogP contribution in [0.5, 0.6) is 11.5 Å². The molecule has 6 nitrogen and oxygen atoms in total. The molecule has 0 unspecified atom stereocenters. The van der Waals surface area contributed by atoms with Crippen LogP contribution in [0.4, 0.5) is 0 Å². The van der Waals surface area contributed by atoms with Crippen LogP contribution in [0.2, 0.25) is 0 Å². The number of benzene rings is 2. The first-order valence-corrected chi connectivity index (χ1v) is 9.36. The topological polar surface area (TPSA) is 69.6 Å². The van der Waals surface area contributed by atoms with E-state index in [1.165, 1.54) is 6.07 Å². The number of aromatic nitrogens is 1. The molecule has 0 aliphatic carbocycles. The number of pyridine rings is 1. The number of carbonyl (C=O) groups excluding carboxylic acids is 1. The van der Waals surface area contributed by atoms with Gasteiger partial charge < -0.3 is 19.4 Å². The van der Waals surface area contributed by atoms with E-state index in [4.69, 9.17) is 9.47 Å². The number of nitrogens with zero attached hydrogens (tertiary/aromatic N) is 1. The summed E-state index contributed by atoms with van der Waals surface area (Å²) in [5.41, 5.74) is 1.93. The molecule has 2 aromatic carbocycles. The Morgan fingerprint density at radius 1 is 1.03 bits per heavy atom. The maximum absolute atomic E-state index is 12.5. The normalized spacial score (nSPS) is 10.4. The lowest BCUT2D eigenvalue weighted by molar-refractivity contribution is 0.0944. The molecule has 1 aromatic heterocycles. The van der Waals surface area contributed by atoms with Gasteiger partial charge >= 0.3 is 0 Å². The number of aryl methyl sites for hydroxylation is 1. The second-order valence-corrected chi connectivity index (χ2v) is 6.59. The van der Waals surface area contributed by atoms with Crippen LogP contribution < -0.4 is 20.2 Å². The zero-order valence-electron chi connectivity index (χ0n) is 16.6. The SMILES string of the molecule is COc1ccccc1CCNC(=O)c1cc(=O)c(OCc2ccccc2)cn1C. The summed E-state index contributed by atoms with van der Waals surface area (Å²) in [6, 6.07) is 18.6. The monoisotopic (exact) mass is 392 g/mol. The summed E-state index contributed by atoms with van der Waals surface area (Å²) in [5, 5.41) is 2.85. The highest BCUT2D eigenvalue weighted by molar-refractivity contribution is 5.92. The number of ether oxygens (including phenoxy) is 2. The molecule has 0 aliphatic heterocycles. The predicted molar refractivity (Wildman–Crippen MR) is 111 cm³/mol. The lowest BCUT2D eigenvalue weighted by atomic mass is 10.1. The molecule has 0 saturated carbocycles. The molecule has 0 radical (unpaired) electrons. The zero-order valence-corrected chi connectivity index (χ0v) is 16.6. The lowest BCUT2D eigenvalue weighted by Gasteiger charge is -2.13. The summed E-state index contributed by atoms with van der Waals surface area (Å²) in [7, 11) is 3.33. The largest absolute Gasteiger partial charge is 0.496 e. The smallest absolute Gasteiger partial charge is 0.268 e. The van der Waals surface area contributed by atoms with Crippen LogP contribution in [0.1, 0.15) is 21.6 Å². The number of para-hydroxylation sites is 1. The zero-order chi connectivity index (χ0) is 20.6. The Morgan fingerprint density at radius 2 is 1.76 bits per heavy atom. The van der Waals surface area contributed by atoms with Crippen molar-refractivity contribution in [3.63, 3.8) is 0 Å². The van der Waals surface area contributed by atoms with Gasteiger partial charge in [-0.1, -0.05) is 48.5 Å². The summed E-state index contributed by atoms with van der Waals surface area (Å²) in [6.45, 7) is 0.722. The van der Waals surface area contributed by atoms with Crippen molar-refractivity contribution in [1.29, 1.82) is 0 Å².